The Balaban J connectivity index is 1.83. The molecule has 4 rings (SSSR count). The molecule has 0 spiro atoms. The van der Waals surface area contributed by atoms with Gasteiger partial charge in [-0.2, -0.15) is 0 Å². The molecule has 0 saturated carbocycles. The zero-order valence-corrected chi connectivity index (χ0v) is 16.7. The van der Waals surface area contributed by atoms with Crippen LogP contribution in [0.4, 0.5) is 5.69 Å². The summed E-state index contributed by atoms with van der Waals surface area (Å²) in [5.41, 5.74) is 2.67. The topological polar surface area (TPSA) is 45.1 Å². The SMILES string of the molecule is Oc1ccc2ccccc2c1-c1cccc(Br)c1NCc1cnc(Cl)s1. The molecule has 3 aromatic carbocycles. The van der Waals surface area contributed by atoms with Gasteiger partial charge in [0.1, 0.15) is 5.75 Å². The van der Waals surface area contributed by atoms with Crippen LogP contribution in [0.2, 0.25) is 4.47 Å². The predicted molar refractivity (Wildman–Crippen MR) is 113 cm³/mol. The Labute approximate surface area is 168 Å². The van der Waals surface area contributed by atoms with Crippen molar-refractivity contribution in [1.82, 2.24) is 4.98 Å². The number of rotatable bonds is 4. The van der Waals surface area contributed by atoms with Crippen molar-refractivity contribution in [3.8, 4) is 16.9 Å². The lowest BCUT2D eigenvalue weighted by atomic mass is 9.96. The van der Waals surface area contributed by atoms with Crippen molar-refractivity contribution in [2.24, 2.45) is 0 Å². The number of anilines is 1. The fourth-order valence-electron chi connectivity index (χ4n) is 3.00. The second-order valence-electron chi connectivity index (χ2n) is 5.78. The standard InChI is InChI=1S/C20H14BrClN2OS/c21-16-7-3-6-15(19(16)23-10-13-11-24-20(22)26-13)18-14-5-2-1-4-12(14)8-9-17(18)25/h1-9,11,23,25H,10H2. The highest BCUT2D eigenvalue weighted by Crippen LogP contribution is 2.42. The van der Waals surface area contributed by atoms with Crippen LogP contribution in [0.15, 0.2) is 65.3 Å². The molecule has 0 unspecified atom stereocenters. The quantitative estimate of drug-likeness (QED) is 0.367. The monoisotopic (exact) mass is 444 g/mol. The van der Waals surface area contributed by atoms with Gasteiger partial charge in [0.25, 0.3) is 0 Å². The third-order valence-electron chi connectivity index (χ3n) is 4.15. The van der Waals surface area contributed by atoms with Crippen LogP contribution in [0.25, 0.3) is 21.9 Å². The van der Waals surface area contributed by atoms with Crippen molar-refractivity contribution in [2.75, 3.05) is 5.32 Å². The van der Waals surface area contributed by atoms with Crippen LogP contribution in [0.1, 0.15) is 4.88 Å². The minimum Gasteiger partial charge on any atom is -0.507 e. The Hall–Kier alpha value is -2.08. The highest BCUT2D eigenvalue weighted by molar-refractivity contribution is 9.10. The first kappa shape index (κ1) is 17.3. The van der Waals surface area contributed by atoms with Gasteiger partial charge in [-0.3, -0.25) is 0 Å². The molecule has 4 aromatic rings. The normalized spacial score (nSPS) is 11.0. The number of aromatic hydroxyl groups is 1. The molecule has 6 heteroatoms. The molecule has 0 bridgehead atoms. The first-order chi connectivity index (χ1) is 12.6. The first-order valence-electron chi connectivity index (χ1n) is 7.97. The van der Waals surface area contributed by atoms with Crippen molar-refractivity contribution in [3.05, 3.63) is 74.6 Å². The number of hydrogen-bond acceptors (Lipinski definition) is 4. The summed E-state index contributed by atoms with van der Waals surface area (Å²) in [4.78, 5) is 5.12. The molecule has 0 radical (unpaired) electrons. The Morgan fingerprint density at radius 3 is 2.73 bits per heavy atom. The van der Waals surface area contributed by atoms with Crippen molar-refractivity contribution >= 4 is 55.3 Å². The second-order valence-corrected chi connectivity index (χ2v) is 8.33. The van der Waals surface area contributed by atoms with Gasteiger partial charge in [0, 0.05) is 26.7 Å². The highest BCUT2D eigenvalue weighted by atomic mass is 79.9. The molecular weight excluding hydrogens is 432 g/mol. The Kier molecular flexibility index (Phi) is 4.85. The predicted octanol–water partition coefficient (Wildman–Crippen LogP) is 6.70. The van der Waals surface area contributed by atoms with Crippen molar-refractivity contribution in [2.45, 2.75) is 6.54 Å². The Morgan fingerprint density at radius 1 is 1.08 bits per heavy atom. The minimum absolute atomic E-state index is 0.255. The van der Waals surface area contributed by atoms with E-state index in [2.05, 4.69) is 26.2 Å². The molecule has 0 aliphatic rings. The largest absolute Gasteiger partial charge is 0.507 e. The molecule has 1 heterocycles. The summed E-state index contributed by atoms with van der Waals surface area (Å²) in [6.07, 6.45) is 1.77. The number of fused-ring (bicyclic) bond motifs is 1. The van der Waals surface area contributed by atoms with Gasteiger partial charge < -0.3 is 10.4 Å². The lowest BCUT2D eigenvalue weighted by Crippen LogP contribution is -2.01. The summed E-state index contributed by atoms with van der Waals surface area (Å²) >= 11 is 11.0. The number of para-hydroxylation sites is 1. The van der Waals surface area contributed by atoms with E-state index in [9.17, 15) is 5.11 Å². The van der Waals surface area contributed by atoms with E-state index >= 15 is 0 Å². The van der Waals surface area contributed by atoms with Crippen LogP contribution in [0, 0.1) is 0 Å². The molecule has 130 valence electrons. The average molecular weight is 446 g/mol. The Morgan fingerprint density at radius 2 is 1.92 bits per heavy atom. The lowest BCUT2D eigenvalue weighted by Gasteiger charge is -2.16. The van der Waals surface area contributed by atoms with Gasteiger partial charge in [-0.25, -0.2) is 4.98 Å². The number of aromatic nitrogens is 1. The van der Waals surface area contributed by atoms with Gasteiger partial charge in [0.2, 0.25) is 0 Å². The number of hydrogen-bond donors (Lipinski definition) is 2. The molecule has 0 aliphatic carbocycles. The van der Waals surface area contributed by atoms with Crippen molar-refractivity contribution in [3.63, 3.8) is 0 Å². The number of thiazole rings is 1. The molecular formula is C20H14BrClN2OS. The number of nitrogens with one attached hydrogen (secondary N) is 1. The fraction of sp³-hybridized carbons (Fsp3) is 0.0500. The van der Waals surface area contributed by atoms with E-state index in [0.29, 0.717) is 11.0 Å². The lowest BCUT2D eigenvalue weighted by molar-refractivity contribution is 0.478. The number of benzene rings is 3. The van der Waals surface area contributed by atoms with Gasteiger partial charge in [-0.05, 0) is 38.8 Å². The summed E-state index contributed by atoms with van der Waals surface area (Å²) < 4.78 is 1.46. The number of phenols is 1. The van der Waals surface area contributed by atoms with Crippen LogP contribution in [-0.4, -0.2) is 10.1 Å². The minimum atomic E-state index is 0.255. The molecule has 26 heavy (non-hydrogen) atoms. The third-order valence-corrected chi connectivity index (χ3v) is 5.93. The van der Waals surface area contributed by atoms with Crippen LogP contribution in [0.3, 0.4) is 0 Å². The summed E-state index contributed by atoms with van der Waals surface area (Å²) in [6, 6.07) is 17.7. The first-order valence-corrected chi connectivity index (χ1v) is 9.96. The van der Waals surface area contributed by atoms with Gasteiger partial charge in [0.05, 0.1) is 12.2 Å². The number of halogens is 2. The van der Waals surface area contributed by atoms with Crippen LogP contribution in [0.5, 0.6) is 5.75 Å². The van der Waals surface area contributed by atoms with Crippen LogP contribution < -0.4 is 5.32 Å². The van der Waals surface area contributed by atoms with Crippen LogP contribution >= 0.6 is 38.9 Å². The maximum atomic E-state index is 10.6. The average Bonchev–Trinajstić information content (AvgIpc) is 3.06. The zero-order chi connectivity index (χ0) is 18.1. The van der Waals surface area contributed by atoms with E-state index in [1.54, 1.807) is 12.3 Å². The van der Waals surface area contributed by atoms with Crippen LogP contribution in [-0.2, 0) is 6.54 Å². The molecule has 0 aliphatic heterocycles. The molecule has 0 fully saturated rings. The molecule has 0 amide bonds. The van der Waals surface area contributed by atoms with Gasteiger partial charge in [-0.15, -0.1) is 11.3 Å². The summed E-state index contributed by atoms with van der Waals surface area (Å²) in [5, 5.41) is 16.1. The highest BCUT2D eigenvalue weighted by Gasteiger charge is 2.15. The summed E-state index contributed by atoms with van der Waals surface area (Å²) in [7, 11) is 0. The van der Waals surface area contributed by atoms with E-state index in [1.807, 2.05) is 48.5 Å². The summed E-state index contributed by atoms with van der Waals surface area (Å²) in [5.74, 6) is 0.255. The molecule has 3 nitrogen and oxygen atoms in total. The molecule has 0 atom stereocenters. The van der Waals surface area contributed by atoms with Crippen molar-refractivity contribution < 1.29 is 5.11 Å². The van der Waals surface area contributed by atoms with Gasteiger partial charge >= 0.3 is 0 Å². The van der Waals surface area contributed by atoms with E-state index in [1.165, 1.54) is 11.3 Å². The fourth-order valence-corrected chi connectivity index (χ4v) is 4.42. The smallest absolute Gasteiger partial charge is 0.183 e. The number of phenolic OH excluding ortho intramolecular Hbond substituents is 1. The third kappa shape index (κ3) is 3.30. The van der Waals surface area contributed by atoms with Gasteiger partial charge in [-0.1, -0.05) is 54.1 Å². The maximum absolute atomic E-state index is 10.6. The van der Waals surface area contributed by atoms with Crippen molar-refractivity contribution in [1.29, 1.82) is 0 Å². The zero-order valence-electron chi connectivity index (χ0n) is 13.5. The van der Waals surface area contributed by atoms with Gasteiger partial charge in [0.15, 0.2) is 4.47 Å². The molecule has 0 saturated heterocycles. The Bertz CT molecular complexity index is 1100. The maximum Gasteiger partial charge on any atom is 0.183 e. The number of nitrogens with zero attached hydrogens (tertiary/aromatic N) is 1. The van der Waals surface area contributed by atoms with E-state index in [4.69, 9.17) is 11.6 Å². The van der Waals surface area contributed by atoms with E-state index < -0.39 is 0 Å². The molecule has 2 N–H and O–H groups in total. The second kappa shape index (κ2) is 7.27. The summed E-state index contributed by atoms with van der Waals surface area (Å²) in [6.45, 7) is 0.603. The molecule has 1 aromatic heterocycles. The van der Waals surface area contributed by atoms with E-state index in [-0.39, 0.29) is 5.75 Å². The van der Waals surface area contributed by atoms with E-state index in [0.717, 1.165) is 36.9 Å².